The molecule has 2 amide bonds. The molecule has 0 spiro atoms. The number of pyridine rings is 1. The van der Waals surface area contributed by atoms with Gasteiger partial charge in [0.15, 0.2) is 0 Å². The van der Waals surface area contributed by atoms with Gasteiger partial charge in [-0.05, 0) is 48.9 Å². The van der Waals surface area contributed by atoms with E-state index in [1.165, 1.54) is 12.3 Å². The number of aryl methyl sites for hydroxylation is 1. The molecule has 138 valence electrons. The second kappa shape index (κ2) is 8.06. The number of hydrogen-bond acceptors (Lipinski definition) is 4. The highest BCUT2D eigenvalue weighted by Crippen LogP contribution is 2.13. The van der Waals surface area contributed by atoms with Crippen molar-refractivity contribution in [2.45, 2.75) is 6.92 Å². The molecule has 0 unspecified atom stereocenters. The van der Waals surface area contributed by atoms with Gasteiger partial charge in [0, 0.05) is 23.0 Å². The summed E-state index contributed by atoms with van der Waals surface area (Å²) in [6, 6.07) is 16.0. The summed E-state index contributed by atoms with van der Waals surface area (Å²) < 4.78 is 0. The van der Waals surface area contributed by atoms with E-state index >= 15 is 0 Å². The molecule has 0 fully saturated rings. The predicted molar refractivity (Wildman–Crippen MR) is 109 cm³/mol. The lowest BCUT2D eigenvalue weighted by Gasteiger charge is -2.06. The Morgan fingerprint density at radius 2 is 1.79 bits per heavy atom. The molecule has 0 aliphatic carbocycles. The highest BCUT2D eigenvalue weighted by molar-refractivity contribution is 6.04. The van der Waals surface area contributed by atoms with E-state index in [1.807, 2.05) is 31.2 Å². The lowest BCUT2D eigenvalue weighted by atomic mass is 10.1. The lowest BCUT2D eigenvalue weighted by molar-refractivity contribution is 0.0997. The Morgan fingerprint density at radius 3 is 2.54 bits per heavy atom. The Kier molecular flexibility index (Phi) is 5.38. The number of hydrogen-bond donors (Lipinski definition) is 3. The minimum Gasteiger partial charge on any atom is -0.383 e. The summed E-state index contributed by atoms with van der Waals surface area (Å²) in [5.74, 6) is 5.17. The van der Waals surface area contributed by atoms with Crippen LogP contribution in [0.1, 0.15) is 37.4 Å². The molecule has 0 radical (unpaired) electrons. The monoisotopic (exact) mass is 370 g/mol. The first-order chi connectivity index (χ1) is 13.4. The fraction of sp³-hybridized carbons (Fsp3) is 0.0455. The largest absolute Gasteiger partial charge is 0.383 e. The number of aromatic nitrogens is 1. The molecule has 6 nitrogen and oxygen atoms in total. The Hall–Kier alpha value is -4.11. The number of nitrogens with zero attached hydrogens (tertiary/aromatic N) is 1. The van der Waals surface area contributed by atoms with Crippen molar-refractivity contribution in [2.75, 3.05) is 11.1 Å². The number of rotatable bonds is 3. The van der Waals surface area contributed by atoms with Crippen LogP contribution in [0, 0.1) is 18.8 Å². The van der Waals surface area contributed by atoms with Crippen LogP contribution in [-0.2, 0) is 0 Å². The van der Waals surface area contributed by atoms with Crippen LogP contribution < -0.4 is 16.8 Å². The number of nitrogen functional groups attached to an aromatic ring is 1. The van der Waals surface area contributed by atoms with Gasteiger partial charge in [-0.1, -0.05) is 30.0 Å². The summed E-state index contributed by atoms with van der Waals surface area (Å²) >= 11 is 0. The van der Waals surface area contributed by atoms with Crippen LogP contribution in [0.5, 0.6) is 0 Å². The van der Waals surface area contributed by atoms with E-state index in [-0.39, 0.29) is 17.3 Å². The Labute approximate surface area is 162 Å². The van der Waals surface area contributed by atoms with Gasteiger partial charge in [-0.25, -0.2) is 4.98 Å². The molecule has 3 rings (SSSR count). The quantitative estimate of drug-likeness (QED) is 0.616. The van der Waals surface area contributed by atoms with Crippen molar-refractivity contribution in [1.82, 2.24) is 4.98 Å². The first-order valence-corrected chi connectivity index (χ1v) is 8.48. The zero-order chi connectivity index (χ0) is 20.1. The molecule has 1 heterocycles. The standard InChI is InChI=1S/C22H18N4O2/c1-14-4-2-7-19(10-14)26-22(28)17-6-3-5-15(11-17)8-9-16-12-18(21(24)27)13-25-20(16)23/h2-7,10-13H,1H3,(H2,23,25)(H2,24,27)(H,26,28). The number of anilines is 2. The number of primary amides is 1. The van der Waals surface area contributed by atoms with Crippen molar-refractivity contribution in [2.24, 2.45) is 5.73 Å². The third-order valence-corrected chi connectivity index (χ3v) is 3.95. The molecule has 0 aliphatic rings. The molecule has 6 heteroatoms. The van der Waals surface area contributed by atoms with Crippen molar-refractivity contribution in [1.29, 1.82) is 0 Å². The maximum absolute atomic E-state index is 12.5. The number of carbonyl (C=O) groups excluding carboxylic acids is 2. The van der Waals surface area contributed by atoms with Gasteiger partial charge in [-0.2, -0.15) is 0 Å². The molecule has 0 bridgehead atoms. The van der Waals surface area contributed by atoms with Crippen LogP contribution >= 0.6 is 0 Å². The Bertz CT molecular complexity index is 1130. The summed E-state index contributed by atoms with van der Waals surface area (Å²) in [6.07, 6.45) is 1.30. The van der Waals surface area contributed by atoms with Crippen LogP contribution in [0.25, 0.3) is 0 Å². The minimum absolute atomic E-state index is 0.200. The first kappa shape index (κ1) is 18.7. The lowest BCUT2D eigenvalue weighted by Crippen LogP contribution is -2.12. The van der Waals surface area contributed by atoms with Crippen molar-refractivity contribution in [3.05, 3.63) is 88.6 Å². The molecule has 0 aliphatic heterocycles. The maximum atomic E-state index is 12.5. The zero-order valence-electron chi connectivity index (χ0n) is 15.2. The van der Waals surface area contributed by atoms with E-state index in [0.717, 1.165) is 11.3 Å². The average Bonchev–Trinajstić information content (AvgIpc) is 2.67. The number of nitrogens with one attached hydrogen (secondary N) is 1. The number of nitrogens with two attached hydrogens (primary N) is 2. The smallest absolute Gasteiger partial charge is 0.255 e. The second-order valence-electron chi connectivity index (χ2n) is 6.18. The van der Waals surface area contributed by atoms with Crippen LogP contribution in [0.3, 0.4) is 0 Å². The molecule has 0 atom stereocenters. The molecule has 3 aromatic rings. The summed E-state index contributed by atoms with van der Waals surface area (Å²) in [5, 5.41) is 2.86. The van der Waals surface area contributed by atoms with Crippen molar-refractivity contribution in [3.63, 3.8) is 0 Å². The van der Waals surface area contributed by atoms with Crippen molar-refractivity contribution in [3.8, 4) is 11.8 Å². The highest BCUT2D eigenvalue weighted by atomic mass is 16.2. The third kappa shape index (κ3) is 4.54. The van der Waals surface area contributed by atoms with E-state index in [0.29, 0.717) is 16.7 Å². The SMILES string of the molecule is Cc1cccc(NC(=O)c2cccc(C#Cc3cc(C(N)=O)cnc3N)c2)c1. The van der Waals surface area contributed by atoms with E-state index in [1.54, 1.807) is 24.3 Å². The van der Waals surface area contributed by atoms with Crippen molar-refractivity contribution >= 4 is 23.3 Å². The van der Waals surface area contributed by atoms with Gasteiger partial charge in [0.2, 0.25) is 5.91 Å². The van der Waals surface area contributed by atoms with E-state index in [2.05, 4.69) is 22.1 Å². The fourth-order valence-electron chi connectivity index (χ4n) is 2.51. The van der Waals surface area contributed by atoms with Crippen LogP contribution in [0.2, 0.25) is 0 Å². The van der Waals surface area contributed by atoms with Gasteiger partial charge in [0.05, 0.1) is 11.1 Å². The topological polar surface area (TPSA) is 111 Å². The molecular formula is C22H18N4O2. The fourth-order valence-corrected chi connectivity index (χ4v) is 2.51. The number of amides is 2. The predicted octanol–water partition coefficient (Wildman–Crippen LogP) is 2.72. The van der Waals surface area contributed by atoms with Gasteiger partial charge < -0.3 is 16.8 Å². The van der Waals surface area contributed by atoms with E-state index in [4.69, 9.17) is 11.5 Å². The maximum Gasteiger partial charge on any atom is 0.255 e. The minimum atomic E-state index is -0.606. The molecule has 0 saturated heterocycles. The number of carbonyl (C=O) groups is 2. The zero-order valence-corrected chi connectivity index (χ0v) is 15.2. The van der Waals surface area contributed by atoms with Crippen molar-refractivity contribution < 1.29 is 9.59 Å². The molecule has 28 heavy (non-hydrogen) atoms. The van der Waals surface area contributed by atoms with Crippen LogP contribution in [-0.4, -0.2) is 16.8 Å². The van der Waals surface area contributed by atoms with Gasteiger partial charge >= 0.3 is 0 Å². The highest BCUT2D eigenvalue weighted by Gasteiger charge is 2.07. The summed E-state index contributed by atoms with van der Waals surface area (Å²) in [7, 11) is 0. The third-order valence-electron chi connectivity index (χ3n) is 3.95. The first-order valence-electron chi connectivity index (χ1n) is 8.48. The van der Waals surface area contributed by atoms with Gasteiger partial charge in [0.25, 0.3) is 5.91 Å². The van der Waals surface area contributed by atoms with Crippen LogP contribution in [0.4, 0.5) is 11.5 Å². The molecular weight excluding hydrogens is 352 g/mol. The van der Waals surface area contributed by atoms with Crippen LogP contribution in [0.15, 0.2) is 60.8 Å². The van der Waals surface area contributed by atoms with E-state index < -0.39 is 5.91 Å². The normalized spacial score (nSPS) is 9.89. The second-order valence-corrected chi connectivity index (χ2v) is 6.18. The Morgan fingerprint density at radius 1 is 1.00 bits per heavy atom. The van der Waals surface area contributed by atoms with Gasteiger partial charge in [0.1, 0.15) is 5.82 Å². The molecule has 5 N–H and O–H groups in total. The summed E-state index contributed by atoms with van der Waals surface area (Å²) in [5.41, 5.74) is 14.6. The molecule has 2 aromatic carbocycles. The Balaban J connectivity index is 1.83. The van der Waals surface area contributed by atoms with Gasteiger partial charge in [-0.15, -0.1) is 0 Å². The number of benzene rings is 2. The summed E-state index contributed by atoms with van der Waals surface area (Å²) in [6.45, 7) is 1.96. The molecule has 0 saturated carbocycles. The summed E-state index contributed by atoms with van der Waals surface area (Å²) in [4.78, 5) is 27.7. The van der Waals surface area contributed by atoms with E-state index in [9.17, 15) is 9.59 Å². The van der Waals surface area contributed by atoms with Gasteiger partial charge in [-0.3, -0.25) is 9.59 Å². The molecule has 1 aromatic heterocycles. The average molecular weight is 370 g/mol.